The topological polar surface area (TPSA) is 49.2 Å². The number of rotatable bonds is 7. The van der Waals surface area contributed by atoms with Crippen LogP contribution in [0.2, 0.25) is 5.15 Å². The Morgan fingerprint density at radius 2 is 2.21 bits per heavy atom. The van der Waals surface area contributed by atoms with Crippen molar-refractivity contribution in [3.63, 3.8) is 0 Å². The van der Waals surface area contributed by atoms with E-state index in [1.807, 2.05) is 11.8 Å². The third kappa shape index (κ3) is 3.91. The summed E-state index contributed by atoms with van der Waals surface area (Å²) in [5, 5.41) is 9.76. The van der Waals surface area contributed by atoms with Gasteiger partial charge in [-0.25, -0.2) is 9.97 Å². The van der Waals surface area contributed by atoms with Gasteiger partial charge < -0.3 is 10.0 Å². The van der Waals surface area contributed by atoms with Crippen molar-refractivity contribution in [2.45, 2.75) is 39.7 Å². The predicted molar refractivity (Wildman–Crippen MR) is 79.4 cm³/mol. The highest BCUT2D eigenvalue weighted by Gasteiger charge is 2.19. The summed E-state index contributed by atoms with van der Waals surface area (Å²) in [6, 6.07) is 0.194. The second-order valence-corrected chi connectivity index (χ2v) is 5.10. The molecule has 106 valence electrons. The molecule has 1 rings (SSSR count). The maximum absolute atomic E-state index is 9.31. The van der Waals surface area contributed by atoms with E-state index in [4.69, 9.17) is 11.6 Å². The molecule has 1 N–H and O–H groups in total. The first kappa shape index (κ1) is 15.9. The largest absolute Gasteiger partial charge is 0.396 e. The highest BCUT2D eigenvalue weighted by Crippen LogP contribution is 2.26. The smallest absolute Gasteiger partial charge is 0.140 e. The lowest BCUT2D eigenvalue weighted by Crippen LogP contribution is -2.31. The third-order valence-electron chi connectivity index (χ3n) is 3.42. The van der Waals surface area contributed by atoms with Crippen molar-refractivity contribution >= 4 is 17.4 Å². The zero-order valence-electron chi connectivity index (χ0n) is 11.8. The molecular formula is C14H22ClN3O. The molecule has 0 radical (unpaired) electrons. The van der Waals surface area contributed by atoms with Crippen molar-refractivity contribution in [1.82, 2.24) is 9.97 Å². The average Bonchev–Trinajstić information content (AvgIpc) is 2.41. The van der Waals surface area contributed by atoms with Crippen LogP contribution in [-0.2, 0) is 0 Å². The summed E-state index contributed by atoms with van der Waals surface area (Å²) >= 11 is 6.03. The van der Waals surface area contributed by atoms with E-state index in [1.54, 1.807) is 6.20 Å². The van der Waals surface area contributed by atoms with Crippen LogP contribution in [0.1, 0.15) is 32.3 Å². The van der Waals surface area contributed by atoms with Crippen LogP contribution in [0.4, 0.5) is 5.82 Å². The van der Waals surface area contributed by atoms with Gasteiger partial charge in [-0.2, -0.15) is 0 Å². The Morgan fingerprint density at radius 3 is 2.74 bits per heavy atom. The summed E-state index contributed by atoms with van der Waals surface area (Å²) in [6.07, 6.45) is 5.03. The number of nitrogens with zero attached hydrogens (tertiary/aromatic N) is 3. The first-order valence-electron chi connectivity index (χ1n) is 6.53. The SMILES string of the molecule is C=CN(c1ncnc(Cl)c1C)[C@@H](C)C[C@@H](CC)CO. The summed E-state index contributed by atoms with van der Waals surface area (Å²) in [4.78, 5) is 10.2. The standard InChI is InChI=1S/C14H22ClN3O/c1-5-12(8-19)7-10(3)18(6-2)14-11(4)13(15)16-9-17-14/h6,9-10,12,19H,2,5,7-8H2,1,3-4H3/t10-,12+/m0/s1. The molecule has 19 heavy (non-hydrogen) atoms. The first-order chi connectivity index (χ1) is 9.04. The molecule has 1 aromatic heterocycles. The number of aliphatic hydroxyl groups is 1. The predicted octanol–water partition coefficient (Wildman–Crippen LogP) is 3.19. The van der Waals surface area contributed by atoms with E-state index in [-0.39, 0.29) is 18.6 Å². The zero-order chi connectivity index (χ0) is 14.4. The molecule has 0 saturated carbocycles. The van der Waals surface area contributed by atoms with Crippen LogP contribution >= 0.6 is 11.6 Å². The van der Waals surface area contributed by atoms with Gasteiger partial charge in [-0.1, -0.05) is 31.5 Å². The minimum atomic E-state index is 0.194. The minimum absolute atomic E-state index is 0.194. The van der Waals surface area contributed by atoms with E-state index in [0.717, 1.165) is 24.2 Å². The molecule has 0 fully saturated rings. The molecule has 1 heterocycles. The second kappa shape index (κ2) is 7.46. The van der Waals surface area contributed by atoms with E-state index >= 15 is 0 Å². The van der Waals surface area contributed by atoms with Crippen molar-refractivity contribution in [3.05, 3.63) is 29.8 Å². The van der Waals surface area contributed by atoms with E-state index < -0.39 is 0 Å². The van der Waals surface area contributed by atoms with Gasteiger partial charge in [0.1, 0.15) is 17.3 Å². The van der Waals surface area contributed by atoms with E-state index in [0.29, 0.717) is 5.15 Å². The Labute approximate surface area is 120 Å². The van der Waals surface area contributed by atoms with E-state index in [1.165, 1.54) is 6.33 Å². The number of hydrogen-bond acceptors (Lipinski definition) is 4. The highest BCUT2D eigenvalue weighted by molar-refractivity contribution is 6.30. The van der Waals surface area contributed by atoms with Crippen molar-refractivity contribution in [2.75, 3.05) is 11.5 Å². The van der Waals surface area contributed by atoms with E-state index in [9.17, 15) is 5.11 Å². The van der Waals surface area contributed by atoms with Crippen LogP contribution in [-0.4, -0.2) is 27.7 Å². The van der Waals surface area contributed by atoms with Gasteiger partial charge in [-0.3, -0.25) is 0 Å². The van der Waals surface area contributed by atoms with Crippen LogP contribution in [0.3, 0.4) is 0 Å². The molecule has 4 nitrogen and oxygen atoms in total. The molecule has 0 aliphatic rings. The van der Waals surface area contributed by atoms with Gasteiger partial charge in [0.05, 0.1) is 0 Å². The molecule has 0 unspecified atom stereocenters. The molecule has 0 bridgehead atoms. The van der Waals surface area contributed by atoms with Crippen LogP contribution in [0.5, 0.6) is 0 Å². The fourth-order valence-corrected chi connectivity index (χ4v) is 2.25. The molecule has 0 aliphatic carbocycles. The summed E-state index contributed by atoms with van der Waals surface area (Å²) in [5.41, 5.74) is 0.841. The van der Waals surface area contributed by atoms with Crippen molar-refractivity contribution in [1.29, 1.82) is 0 Å². The molecule has 0 amide bonds. The molecule has 0 aliphatic heterocycles. The second-order valence-electron chi connectivity index (χ2n) is 4.74. The van der Waals surface area contributed by atoms with Gasteiger partial charge in [0.15, 0.2) is 0 Å². The Hall–Kier alpha value is -1.13. The molecular weight excluding hydrogens is 262 g/mol. The number of hydrogen-bond donors (Lipinski definition) is 1. The zero-order valence-corrected chi connectivity index (χ0v) is 12.6. The van der Waals surface area contributed by atoms with Gasteiger partial charge in [0, 0.05) is 18.2 Å². The van der Waals surface area contributed by atoms with Crippen molar-refractivity contribution in [3.8, 4) is 0 Å². The third-order valence-corrected chi connectivity index (χ3v) is 3.80. The number of halogens is 1. The maximum atomic E-state index is 9.31. The summed E-state index contributed by atoms with van der Waals surface area (Å²) in [5.74, 6) is 1.06. The first-order valence-corrected chi connectivity index (χ1v) is 6.91. The van der Waals surface area contributed by atoms with Crippen molar-refractivity contribution in [2.24, 2.45) is 5.92 Å². The molecule has 5 heteroatoms. The summed E-state index contributed by atoms with van der Waals surface area (Å²) < 4.78 is 0. The summed E-state index contributed by atoms with van der Waals surface area (Å²) in [7, 11) is 0. The molecule has 0 spiro atoms. The van der Waals surface area contributed by atoms with Gasteiger partial charge in [-0.05, 0) is 32.4 Å². The van der Waals surface area contributed by atoms with Gasteiger partial charge in [0.25, 0.3) is 0 Å². The fraction of sp³-hybridized carbons (Fsp3) is 0.571. The molecule has 0 saturated heterocycles. The van der Waals surface area contributed by atoms with Crippen LogP contribution < -0.4 is 4.90 Å². The Balaban J connectivity index is 2.93. The van der Waals surface area contributed by atoms with Crippen LogP contribution in [0.15, 0.2) is 19.1 Å². The lowest BCUT2D eigenvalue weighted by molar-refractivity contribution is 0.209. The quantitative estimate of drug-likeness (QED) is 0.781. The molecule has 1 aromatic rings. The number of aliphatic hydroxyl groups excluding tert-OH is 1. The molecule has 0 aromatic carbocycles. The minimum Gasteiger partial charge on any atom is -0.396 e. The summed E-state index contributed by atoms with van der Waals surface area (Å²) in [6.45, 7) is 10.1. The van der Waals surface area contributed by atoms with E-state index in [2.05, 4.69) is 30.4 Å². The Kier molecular flexibility index (Phi) is 6.25. The highest BCUT2D eigenvalue weighted by atomic mass is 35.5. The molecule has 2 atom stereocenters. The maximum Gasteiger partial charge on any atom is 0.140 e. The van der Waals surface area contributed by atoms with Gasteiger partial charge in [-0.15, -0.1) is 0 Å². The Bertz CT molecular complexity index is 421. The monoisotopic (exact) mass is 283 g/mol. The number of aromatic nitrogens is 2. The van der Waals surface area contributed by atoms with Gasteiger partial charge in [0.2, 0.25) is 0 Å². The van der Waals surface area contributed by atoms with Gasteiger partial charge >= 0.3 is 0 Å². The van der Waals surface area contributed by atoms with Crippen molar-refractivity contribution < 1.29 is 5.11 Å². The Morgan fingerprint density at radius 1 is 1.53 bits per heavy atom. The average molecular weight is 284 g/mol. The van der Waals surface area contributed by atoms with Crippen LogP contribution in [0, 0.1) is 12.8 Å². The fourth-order valence-electron chi connectivity index (χ4n) is 2.12. The van der Waals surface area contributed by atoms with Crippen LogP contribution in [0.25, 0.3) is 0 Å². The normalized spacial score (nSPS) is 13.9. The lowest BCUT2D eigenvalue weighted by atomic mass is 9.98. The number of anilines is 1. The lowest BCUT2D eigenvalue weighted by Gasteiger charge is -2.30.